The van der Waals surface area contributed by atoms with Crippen LogP contribution in [0.15, 0.2) is 24.5 Å². The lowest BCUT2D eigenvalue weighted by Gasteiger charge is -1.99. The van der Waals surface area contributed by atoms with E-state index in [-0.39, 0.29) is 5.97 Å². The van der Waals surface area contributed by atoms with Crippen LogP contribution in [0.4, 0.5) is 0 Å². The van der Waals surface area contributed by atoms with Crippen molar-refractivity contribution in [1.82, 2.24) is 0 Å². The molecule has 0 saturated carbocycles. The Morgan fingerprint density at radius 3 is 2.33 bits per heavy atom. The van der Waals surface area contributed by atoms with E-state index in [2.05, 4.69) is 11.3 Å². The Balaban J connectivity index is 3.73. The zero-order chi connectivity index (χ0) is 9.40. The highest BCUT2D eigenvalue weighted by atomic mass is 16.5. The maximum Gasteiger partial charge on any atom is 0.330 e. The summed E-state index contributed by atoms with van der Waals surface area (Å²) in [6.07, 6.45) is 2.78. The molecule has 0 aliphatic carbocycles. The van der Waals surface area contributed by atoms with Gasteiger partial charge in [0.2, 0.25) is 0 Å². The van der Waals surface area contributed by atoms with Crippen LogP contribution in [0.25, 0.3) is 0 Å². The zero-order valence-corrected chi connectivity index (χ0v) is 7.50. The second-order valence-electron chi connectivity index (χ2n) is 1.98. The Hall–Kier alpha value is -1.25. The molecule has 68 valence electrons. The molecule has 0 radical (unpaired) electrons. The van der Waals surface area contributed by atoms with Gasteiger partial charge in [0, 0.05) is 6.08 Å². The molecule has 3 nitrogen and oxygen atoms in total. The third kappa shape index (κ3) is 5.53. The van der Waals surface area contributed by atoms with Crippen LogP contribution < -0.4 is 0 Å². The minimum atomic E-state index is -0.377. The van der Waals surface area contributed by atoms with Crippen LogP contribution in [-0.2, 0) is 14.3 Å². The predicted molar refractivity (Wildman–Crippen MR) is 46.5 cm³/mol. The third-order valence-electron chi connectivity index (χ3n) is 1.02. The summed E-state index contributed by atoms with van der Waals surface area (Å²) >= 11 is 0. The molecule has 0 unspecified atom stereocenters. The van der Waals surface area contributed by atoms with Crippen molar-refractivity contribution in [3.63, 3.8) is 0 Å². The van der Waals surface area contributed by atoms with Crippen molar-refractivity contribution in [2.45, 2.75) is 13.8 Å². The highest BCUT2D eigenvalue weighted by Gasteiger charge is 1.93. The van der Waals surface area contributed by atoms with Gasteiger partial charge >= 0.3 is 5.97 Å². The molecule has 0 atom stereocenters. The number of ether oxygens (including phenoxy) is 2. The lowest BCUT2D eigenvalue weighted by Crippen LogP contribution is -1.99. The van der Waals surface area contributed by atoms with Crippen molar-refractivity contribution < 1.29 is 14.3 Å². The predicted octanol–water partition coefficient (Wildman–Crippen LogP) is 1.66. The number of allylic oxidation sites excluding steroid dienone is 1. The molecule has 0 aromatic heterocycles. The molecule has 0 aromatic rings. The normalized spacial score (nSPS) is 9.83. The van der Waals surface area contributed by atoms with Gasteiger partial charge in [-0.2, -0.15) is 0 Å². The Labute approximate surface area is 72.7 Å². The number of hydrogen-bond donors (Lipinski definition) is 0. The fourth-order valence-electron chi connectivity index (χ4n) is 0.585. The molecule has 0 amide bonds. The second kappa shape index (κ2) is 6.46. The van der Waals surface area contributed by atoms with Gasteiger partial charge in [0.1, 0.15) is 5.76 Å². The lowest BCUT2D eigenvalue weighted by atomic mass is 10.4. The van der Waals surface area contributed by atoms with E-state index < -0.39 is 0 Å². The van der Waals surface area contributed by atoms with E-state index in [0.29, 0.717) is 19.0 Å². The van der Waals surface area contributed by atoms with Crippen LogP contribution in [0.2, 0.25) is 0 Å². The van der Waals surface area contributed by atoms with Crippen molar-refractivity contribution in [2.24, 2.45) is 0 Å². The monoisotopic (exact) mass is 170 g/mol. The van der Waals surface area contributed by atoms with Crippen molar-refractivity contribution in [2.75, 3.05) is 13.2 Å². The maximum absolute atomic E-state index is 10.7. The summed E-state index contributed by atoms with van der Waals surface area (Å²) in [5, 5.41) is 0. The fourth-order valence-corrected chi connectivity index (χ4v) is 0.585. The van der Waals surface area contributed by atoms with Gasteiger partial charge in [-0.05, 0) is 19.9 Å². The van der Waals surface area contributed by atoms with E-state index in [1.807, 2.05) is 6.92 Å². The van der Waals surface area contributed by atoms with E-state index in [0.717, 1.165) is 0 Å². The minimum absolute atomic E-state index is 0.377. The van der Waals surface area contributed by atoms with Gasteiger partial charge in [0.25, 0.3) is 0 Å². The van der Waals surface area contributed by atoms with Gasteiger partial charge in [-0.1, -0.05) is 6.58 Å². The molecular weight excluding hydrogens is 156 g/mol. The quantitative estimate of drug-likeness (QED) is 0.272. The molecule has 0 spiro atoms. The minimum Gasteiger partial charge on any atom is -0.495 e. The molecule has 0 saturated heterocycles. The maximum atomic E-state index is 10.7. The highest BCUT2D eigenvalue weighted by molar-refractivity contribution is 5.82. The summed E-state index contributed by atoms with van der Waals surface area (Å²) in [6, 6.07) is 0. The van der Waals surface area contributed by atoms with Crippen LogP contribution >= 0.6 is 0 Å². The van der Waals surface area contributed by atoms with Gasteiger partial charge < -0.3 is 9.47 Å². The topological polar surface area (TPSA) is 35.5 Å². The molecule has 0 N–H and O–H groups in total. The first-order valence-corrected chi connectivity index (χ1v) is 3.87. The number of rotatable bonds is 5. The first-order valence-electron chi connectivity index (χ1n) is 3.87. The Morgan fingerprint density at radius 2 is 1.83 bits per heavy atom. The highest BCUT2D eigenvalue weighted by Crippen LogP contribution is 1.95. The summed E-state index contributed by atoms with van der Waals surface area (Å²) in [5.74, 6) is 0.0870. The molecule has 0 rings (SSSR count). The van der Waals surface area contributed by atoms with Gasteiger partial charge in [-0.15, -0.1) is 0 Å². The summed E-state index contributed by atoms with van der Waals surface area (Å²) in [5.41, 5.74) is 0. The van der Waals surface area contributed by atoms with Crippen LogP contribution in [0.1, 0.15) is 13.8 Å². The number of carbonyl (C=O) groups is 1. The largest absolute Gasteiger partial charge is 0.495 e. The summed E-state index contributed by atoms with van der Waals surface area (Å²) in [6.45, 7) is 8.09. The third-order valence-corrected chi connectivity index (χ3v) is 1.02. The van der Waals surface area contributed by atoms with E-state index in [1.165, 1.54) is 12.2 Å². The Morgan fingerprint density at radius 1 is 1.25 bits per heavy atom. The molecule has 12 heavy (non-hydrogen) atoms. The number of esters is 1. The SMILES string of the molecule is C=C(/C=C/C(=O)OCC)OCC. The smallest absolute Gasteiger partial charge is 0.330 e. The first kappa shape index (κ1) is 10.8. The van der Waals surface area contributed by atoms with Crippen molar-refractivity contribution >= 4 is 5.97 Å². The van der Waals surface area contributed by atoms with Crippen LogP contribution in [0, 0.1) is 0 Å². The van der Waals surface area contributed by atoms with Crippen LogP contribution in [-0.4, -0.2) is 19.2 Å². The average molecular weight is 170 g/mol. The van der Waals surface area contributed by atoms with Crippen LogP contribution in [0.5, 0.6) is 0 Å². The summed E-state index contributed by atoms with van der Waals surface area (Å²) < 4.78 is 9.63. The molecule has 0 aliphatic heterocycles. The summed E-state index contributed by atoms with van der Waals surface area (Å²) in [7, 11) is 0. The molecular formula is C9H14O3. The average Bonchev–Trinajstić information content (AvgIpc) is 2.02. The Bertz CT molecular complexity index is 162. The van der Waals surface area contributed by atoms with E-state index in [4.69, 9.17) is 4.74 Å². The lowest BCUT2D eigenvalue weighted by molar-refractivity contribution is -0.137. The molecule has 0 heterocycles. The first-order chi connectivity index (χ1) is 5.70. The molecule has 0 fully saturated rings. The van der Waals surface area contributed by atoms with E-state index >= 15 is 0 Å². The van der Waals surface area contributed by atoms with Crippen molar-refractivity contribution in [3.8, 4) is 0 Å². The standard InChI is InChI=1S/C9H14O3/c1-4-11-8(3)6-7-9(10)12-5-2/h6-7H,3-5H2,1-2H3/b7-6+. The van der Waals surface area contributed by atoms with Gasteiger partial charge in [0.15, 0.2) is 0 Å². The molecule has 3 heteroatoms. The Kier molecular flexibility index (Phi) is 5.79. The molecule has 0 aromatic carbocycles. The van der Waals surface area contributed by atoms with Crippen molar-refractivity contribution in [1.29, 1.82) is 0 Å². The van der Waals surface area contributed by atoms with Crippen LogP contribution in [0.3, 0.4) is 0 Å². The second-order valence-corrected chi connectivity index (χ2v) is 1.98. The molecule has 0 aliphatic rings. The zero-order valence-electron chi connectivity index (χ0n) is 7.50. The van der Waals surface area contributed by atoms with E-state index in [9.17, 15) is 4.79 Å². The van der Waals surface area contributed by atoms with E-state index in [1.54, 1.807) is 6.92 Å². The van der Waals surface area contributed by atoms with Gasteiger partial charge in [0.05, 0.1) is 13.2 Å². The fraction of sp³-hybridized carbons (Fsp3) is 0.444. The van der Waals surface area contributed by atoms with Gasteiger partial charge in [-0.3, -0.25) is 0 Å². The van der Waals surface area contributed by atoms with Crippen molar-refractivity contribution in [3.05, 3.63) is 24.5 Å². The summed E-state index contributed by atoms with van der Waals surface area (Å²) in [4.78, 5) is 10.7. The number of hydrogen-bond acceptors (Lipinski definition) is 3. The van der Waals surface area contributed by atoms with Gasteiger partial charge in [-0.25, -0.2) is 4.79 Å². The number of carbonyl (C=O) groups excluding carboxylic acids is 1. The molecule has 0 bridgehead atoms.